The molecule has 6 nitrogen and oxygen atoms in total. The van der Waals surface area contributed by atoms with E-state index in [9.17, 15) is 0 Å². The van der Waals surface area contributed by atoms with Gasteiger partial charge in [0.2, 0.25) is 0 Å². The number of nitrogen functional groups attached to an aromatic ring is 1. The van der Waals surface area contributed by atoms with Gasteiger partial charge in [0, 0.05) is 30.5 Å². The zero-order valence-corrected chi connectivity index (χ0v) is 14.2. The van der Waals surface area contributed by atoms with E-state index in [1.165, 1.54) is 5.56 Å². The monoisotopic (exact) mass is 336 g/mol. The molecule has 6 heteroatoms. The van der Waals surface area contributed by atoms with Crippen LogP contribution in [0.5, 0.6) is 0 Å². The van der Waals surface area contributed by atoms with Crippen LogP contribution in [0.1, 0.15) is 42.7 Å². The standard InChI is InChI=1S/C19H24N6/c20-15-8-6-14(7-9-15)16-17(23-12-13-4-2-1-3-5-13)19-22-10-11-25(19)24-18(16)21/h1-5,10-11,14-15,23H,6-9,12,20H2,(H2,21,24). The smallest absolute Gasteiger partial charge is 0.177 e. The maximum absolute atomic E-state index is 6.35. The van der Waals surface area contributed by atoms with Gasteiger partial charge >= 0.3 is 0 Å². The number of fused-ring (bicyclic) bond motifs is 1. The van der Waals surface area contributed by atoms with Gasteiger partial charge in [0.15, 0.2) is 5.65 Å². The molecule has 3 aromatic rings. The number of imidazole rings is 1. The second-order valence-corrected chi connectivity index (χ2v) is 6.82. The van der Waals surface area contributed by atoms with Crippen LogP contribution in [0.4, 0.5) is 11.5 Å². The van der Waals surface area contributed by atoms with Crippen molar-refractivity contribution in [2.24, 2.45) is 5.73 Å². The third kappa shape index (κ3) is 3.17. The molecule has 0 amide bonds. The van der Waals surface area contributed by atoms with Crippen molar-refractivity contribution >= 4 is 17.2 Å². The Kier molecular flexibility index (Phi) is 4.28. The van der Waals surface area contributed by atoms with Gasteiger partial charge in [-0.25, -0.2) is 9.50 Å². The molecule has 25 heavy (non-hydrogen) atoms. The molecule has 1 aliphatic rings. The number of nitrogens with zero attached hydrogens (tertiary/aromatic N) is 3. The van der Waals surface area contributed by atoms with Crippen LogP contribution in [0.2, 0.25) is 0 Å². The third-order valence-corrected chi connectivity index (χ3v) is 5.10. The maximum atomic E-state index is 6.35. The molecule has 1 aliphatic carbocycles. The maximum Gasteiger partial charge on any atom is 0.177 e. The van der Waals surface area contributed by atoms with E-state index < -0.39 is 0 Å². The summed E-state index contributed by atoms with van der Waals surface area (Å²) in [5.74, 6) is 0.966. The Morgan fingerprint density at radius 3 is 2.64 bits per heavy atom. The number of nitrogens with one attached hydrogen (secondary N) is 1. The summed E-state index contributed by atoms with van der Waals surface area (Å²) in [5, 5.41) is 8.08. The lowest BCUT2D eigenvalue weighted by Crippen LogP contribution is -2.26. The predicted octanol–water partition coefficient (Wildman–Crippen LogP) is 2.91. The highest BCUT2D eigenvalue weighted by atomic mass is 15.3. The summed E-state index contributed by atoms with van der Waals surface area (Å²) in [5.41, 5.74) is 16.6. The Morgan fingerprint density at radius 1 is 1.12 bits per heavy atom. The number of nitrogens with two attached hydrogens (primary N) is 2. The minimum atomic E-state index is 0.307. The lowest BCUT2D eigenvalue weighted by atomic mass is 9.81. The molecule has 0 radical (unpaired) electrons. The van der Waals surface area contributed by atoms with E-state index in [4.69, 9.17) is 11.5 Å². The highest BCUT2D eigenvalue weighted by Gasteiger charge is 2.26. The molecule has 0 spiro atoms. The van der Waals surface area contributed by atoms with Crippen LogP contribution in [0.25, 0.3) is 5.65 Å². The van der Waals surface area contributed by atoms with Crippen molar-refractivity contribution < 1.29 is 0 Å². The number of rotatable bonds is 4. The largest absolute Gasteiger partial charge is 0.382 e. The fraction of sp³-hybridized carbons (Fsp3) is 0.368. The van der Waals surface area contributed by atoms with Crippen LogP contribution in [-0.2, 0) is 6.54 Å². The highest BCUT2D eigenvalue weighted by Crippen LogP contribution is 2.40. The van der Waals surface area contributed by atoms with E-state index in [0.29, 0.717) is 17.8 Å². The number of hydrogen-bond donors (Lipinski definition) is 3. The normalized spacial score (nSPS) is 20.7. The van der Waals surface area contributed by atoms with Crippen LogP contribution < -0.4 is 16.8 Å². The summed E-state index contributed by atoms with van der Waals surface area (Å²) in [4.78, 5) is 4.50. The fourth-order valence-corrected chi connectivity index (χ4v) is 3.76. The van der Waals surface area contributed by atoms with Crippen molar-refractivity contribution in [3.8, 4) is 0 Å². The first-order valence-corrected chi connectivity index (χ1v) is 8.88. The molecule has 0 atom stereocenters. The second kappa shape index (κ2) is 6.72. The Hall–Kier alpha value is -2.60. The predicted molar refractivity (Wildman–Crippen MR) is 100 cm³/mol. The van der Waals surface area contributed by atoms with Gasteiger partial charge in [-0.2, -0.15) is 0 Å². The van der Waals surface area contributed by atoms with Crippen molar-refractivity contribution in [3.63, 3.8) is 0 Å². The van der Waals surface area contributed by atoms with Gasteiger partial charge in [-0.15, -0.1) is 5.10 Å². The topological polar surface area (TPSA) is 94.3 Å². The first-order valence-electron chi connectivity index (χ1n) is 8.88. The van der Waals surface area contributed by atoms with Crippen LogP contribution in [0.15, 0.2) is 42.7 Å². The van der Waals surface area contributed by atoms with Crippen LogP contribution in [-0.4, -0.2) is 20.6 Å². The van der Waals surface area contributed by atoms with E-state index in [1.54, 1.807) is 10.7 Å². The molecule has 2 heterocycles. The van der Waals surface area contributed by atoms with Crippen LogP contribution >= 0.6 is 0 Å². The molecule has 0 unspecified atom stereocenters. The SMILES string of the molecule is Nc1nn2ccnc2c(NCc2ccccc2)c1C1CCC(N)CC1. The Labute approximate surface area is 147 Å². The summed E-state index contributed by atoms with van der Waals surface area (Å²) in [6.07, 6.45) is 7.74. The number of hydrogen-bond acceptors (Lipinski definition) is 5. The van der Waals surface area contributed by atoms with Crippen LogP contribution in [0, 0.1) is 0 Å². The molecule has 0 saturated heterocycles. The lowest BCUT2D eigenvalue weighted by Gasteiger charge is -2.28. The fourth-order valence-electron chi connectivity index (χ4n) is 3.76. The van der Waals surface area contributed by atoms with Gasteiger partial charge in [0.1, 0.15) is 5.82 Å². The molecule has 5 N–H and O–H groups in total. The first-order chi connectivity index (χ1) is 12.2. The molecule has 0 aliphatic heterocycles. The Bertz CT molecular complexity index is 849. The number of benzene rings is 1. The Morgan fingerprint density at radius 2 is 1.88 bits per heavy atom. The average molecular weight is 336 g/mol. The highest BCUT2D eigenvalue weighted by molar-refractivity contribution is 5.76. The van der Waals surface area contributed by atoms with Crippen molar-refractivity contribution in [2.75, 3.05) is 11.1 Å². The molecular formula is C19H24N6. The summed E-state index contributed by atoms with van der Waals surface area (Å²) in [6, 6.07) is 10.6. The van der Waals surface area contributed by atoms with Crippen LogP contribution in [0.3, 0.4) is 0 Å². The molecule has 1 fully saturated rings. The summed E-state index contributed by atoms with van der Waals surface area (Å²) in [7, 11) is 0. The summed E-state index contributed by atoms with van der Waals surface area (Å²) >= 11 is 0. The van der Waals surface area contributed by atoms with Gasteiger partial charge in [0.05, 0.1) is 5.69 Å². The summed E-state index contributed by atoms with van der Waals surface area (Å²) < 4.78 is 1.75. The zero-order chi connectivity index (χ0) is 17.2. The average Bonchev–Trinajstić information content (AvgIpc) is 3.09. The van der Waals surface area contributed by atoms with E-state index in [2.05, 4.69) is 27.5 Å². The first kappa shape index (κ1) is 15.9. The minimum absolute atomic E-state index is 0.307. The van der Waals surface area contributed by atoms with E-state index in [-0.39, 0.29) is 0 Å². The van der Waals surface area contributed by atoms with E-state index in [1.807, 2.05) is 24.4 Å². The molecule has 130 valence electrons. The zero-order valence-electron chi connectivity index (χ0n) is 14.2. The molecule has 1 saturated carbocycles. The quantitative estimate of drug-likeness (QED) is 0.681. The van der Waals surface area contributed by atoms with Gasteiger partial charge < -0.3 is 16.8 Å². The van der Waals surface area contributed by atoms with E-state index >= 15 is 0 Å². The third-order valence-electron chi connectivity index (χ3n) is 5.10. The van der Waals surface area contributed by atoms with Crippen molar-refractivity contribution in [2.45, 2.75) is 44.2 Å². The van der Waals surface area contributed by atoms with Crippen molar-refractivity contribution in [1.82, 2.24) is 14.6 Å². The van der Waals surface area contributed by atoms with Gasteiger partial charge in [-0.3, -0.25) is 0 Å². The number of anilines is 2. The van der Waals surface area contributed by atoms with Gasteiger partial charge in [0.25, 0.3) is 0 Å². The van der Waals surface area contributed by atoms with Gasteiger partial charge in [-0.05, 0) is 37.2 Å². The van der Waals surface area contributed by atoms with Gasteiger partial charge in [-0.1, -0.05) is 30.3 Å². The number of aromatic nitrogens is 3. The van der Waals surface area contributed by atoms with Crippen molar-refractivity contribution in [1.29, 1.82) is 0 Å². The molecular weight excluding hydrogens is 312 g/mol. The lowest BCUT2D eigenvalue weighted by molar-refractivity contribution is 0.396. The van der Waals surface area contributed by atoms with Crippen molar-refractivity contribution in [3.05, 3.63) is 53.9 Å². The molecule has 0 bridgehead atoms. The van der Waals surface area contributed by atoms with E-state index in [0.717, 1.165) is 49.1 Å². The molecule has 1 aromatic carbocycles. The minimum Gasteiger partial charge on any atom is -0.382 e. The Balaban J connectivity index is 1.71. The second-order valence-electron chi connectivity index (χ2n) is 6.82. The summed E-state index contributed by atoms with van der Waals surface area (Å²) in [6.45, 7) is 0.728. The molecule has 4 rings (SSSR count). The molecule has 2 aromatic heterocycles.